The summed E-state index contributed by atoms with van der Waals surface area (Å²) >= 11 is 8.56. The maximum atomic E-state index is 6.17. The first-order valence-corrected chi connectivity index (χ1v) is 7.92. The lowest BCUT2D eigenvalue weighted by Crippen LogP contribution is -2.29. The summed E-state index contributed by atoms with van der Waals surface area (Å²) in [4.78, 5) is 0.388. The fraction of sp³-hybridized carbons (Fsp3) is 0.533. The number of hydrogen-bond acceptors (Lipinski definition) is 2. The monoisotopic (exact) mass is 341 g/mol. The molecule has 2 atom stereocenters. The van der Waals surface area contributed by atoms with Crippen molar-refractivity contribution in [3.63, 3.8) is 0 Å². The number of halogens is 1. The van der Waals surface area contributed by atoms with Crippen molar-refractivity contribution < 1.29 is 4.74 Å². The normalized spacial score (nSPS) is 27.0. The standard InChI is InChI=1S/C15H20BrNOS/c1-9-5-10(2)7-12(6-9)18-14-8-11(16)3-4-13(14)15(17)19/h3-4,8-10,12H,5-7H2,1-2H3,(H2,17,19). The molecule has 1 aromatic rings. The van der Waals surface area contributed by atoms with Gasteiger partial charge in [0.05, 0.1) is 11.7 Å². The van der Waals surface area contributed by atoms with Crippen molar-refractivity contribution >= 4 is 33.1 Å². The molecule has 0 radical (unpaired) electrons. The third kappa shape index (κ3) is 3.93. The van der Waals surface area contributed by atoms with Gasteiger partial charge in [0, 0.05) is 4.47 Å². The predicted molar refractivity (Wildman–Crippen MR) is 86.6 cm³/mol. The van der Waals surface area contributed by atoms with Gasteiger partial charge in [-0.05, 0) is 49.3 Å². The van der Waals surface area contributed by atoms with Crippen molar-refractivity contribution in [3.05, 3.63) is 28.2 Å². The molecule has 1 aromatic carbocycles. The second-order valence-electron chi connectivity index (χ2n) is 5.66. The van der Waals surface area contributed by atoms with Crippen LogP contribution < -0.4 is 10.5 Å². The van der Waals surface area contributed by atoms with Gasteiger partial charge in [0.25, 0.3) is 0 Å². The molecule has 0 spiro atoms. The van der Waals surface area contributed by atoms with Crippen molar-refractivity contribution in [2.75, 3.05) is 0 Å². The molecule has 0 aromatic heterocycles. The van der Waals surface area contributed by atoms with Crippen LogP contribution in [0.25, 0.3) is 0 Å². The average Bonchev–Trinajstić information content (AvgIpc) is 2.26. The number of rotatable bonds is 3. The van der Waals surface area contributed by atoms with E-state index in [4.69, 9.17) is 22.7 Å². The van der Waals surface area contributed by atoms with Crippen LogP contribution in [-0.2, 0) is 0 Å². The van der Waals surface area contributed by atoms with Crippen LogP contribution in [0.2, 0.25) is 0 Å². The predicted octanol–water partition coefficient (Wildman–Crippen LogP) is 4.29. The van der Waals surface area contributed by atoms with Gasteiger partial charge in [-0.2, -0.15) is 0 Å². The molecule has 0 aliphatic heterocycles. The maximum Gasteiger partial charge on any atom is 0.131 e. The molecule has 2 N–H and O–H groups in total. The van der Waals surface area contributed by atoms with Gasteiger partial charge in [-0.15, -0.1) is 0 Å². The summed E-state index contributed by atoms with van der Waals surface area (Å²) in [6, 6.07) is 5.81. The average molecular weight is 342 g/mol. The minimum atomic E-state index is 0.265. The van der Waals surface area contributed by atoms with E-state index in [0.29, 0.717) is 16.8 Å². The highest BCUT2D eigenvalue weighted by molar-refractivity contribution is 9.10. The first-order chi connectivity index (χ1) is 8.95. The molecule has 0 saturated heterocycles. The van der Waals surface area contributed by atoms with E-state index in [0.717, 1.165) is 28.6 Å². The molecule has 2 nitrogen and oxygen atoms in total. The van der Waals surface area contributed by atoms with E-state index >= 15 is 0 Å². The Labute approximate surface area is 128 Å². The summed E-state index contributed by atoms with van der Waals surface area (Å²) in [5.74, 6) is 2.23. The smallest absolute Gasteiger partial charge is 0.131 e. The maximum absolute atomic E-state index is 6.17. The van der Waals surface area contributed by atoms with Crippen molar-refractivity contribution in [3.8, 4) is 5.75 Å². The lowest BCUT2D eigenvalue weighted by molar-refractivity contribution is 0.101. The highest BCUT2D eigenvalue weighted by atomic mass is 79.9. The molecule has 1 saturated carbocycles. The number of ether oxygens (including phenoxy) is 1. The van der Waals surface area contributed by atoms with Gasteiger partial charge in [0.1, 0.15) is 10.7 Å². The number of thiocarbonyl (C=S) groups is 1. The third-order valence-corrected chi connectivity index (χ3v) is 4.35. The molecule has 1 fully saturated rings. The van der Waals surface area contributed by atoms with Crippen LogP contribution in [-0.4, -0.2) is 11.1 Å². The number of nitrogens with two attached hydrogens (primary N) is 1. The minimum Gasteiger partial charge on any atom is -0.490 e. The molecule has 1 aliphatic rings. The van der Waals surface area contributed by atoms with E-state index in [1.54, 1.807) is 0 Å². The highest BCUT2D eigenvalue weighted by Gasteiger charge is 2.26. The van der Waals surface area contributed by atoms with Crippen molar-refractivity contribution in [1.82, 2.24) is 0 Å². The molecule has 2 unspecified atom stereocenters. The van der Waals surface area contributed by atoms with Gasteiger partial charge in [0.15, 0.2) is 0 Å². The Morgan fingerprint density at radius 1 is 1.26 bits per heavy atom. The lowest BCUT2D eigenvalue weighted by Gasteiger charge is -2.32. The first kappa shape index (κ1) is 14.8. The van der Waals surface area contributed by atoms with Gasteiger partial charge in [-0.3, -0.25) is 0 Å². The summed E-state index contributed by atoms with van der Waals surface area (Å²) in [5.41, 5.74) is 6.58. The van der Waals surface area contributed by atoms with E-state index in [2.05, 4.69) is 29.8 Å². The Morgan fingerprint density at radius 3 is 2.47 bits per heavy atom. The van der Waals surface area contributed by atoms with Crippen LogP contribution in [0.3, 0.4) is 0 Å². The minimum absolute atomic E-state index is 0.265. The quantitative estimate of drug-likeness (QED) is 0.833. The van der Waals surface area contributed by atoms with Crippen LogP contribution in [0.15, 0.2) is 22.7 Å². The van der Waals surface area contributed by atoms with Crippen LogP contribution in [0.5, 0.6) is 5.75 Å². The number of hydrogen-bond donors (Lipinski definition) is 1. The molecule has 4 heteroatoms. The van der Waals surface area contributed by atoms with Crippen LogP contribution >= 0.6 is 28.1 Å². The van der Waals surface area contributed by atoms with E-state index < -0.39 is 0 Å². The van der Waals surface area contributed by atoms with Gasteiger partial charge in [-0.25, -0.2) is 0 Å². The second-order valence-corrected chi connectivity index (χ2v) is 7.02. The summed E-state index contributed by atoms with van der Waals surface area (Å²) in [7, 11) is 0. The summed E-state index contributed by atoms with van der Waals surface area (Å²) in [6.07, 6.45) is 3.77. The van der Waals surface area contributed by atoms with Crippen molar-refractivity contribution in [2.45, 2.75) is 39.2 Å². The zero-order valence-electron chi connectivity index (χ0n) is 11.4. The van der Waals surface area contributed by atoms with Crippen LogP contribution in [0.1, 0.15) is 38.7 Å². The van der Waals surface area contributed by atoms with Crippen molar-refractivity contribution in [1.29, 1.82) is 0 Å². The largest absolute Gasteiger partial charge is 0.490 e. The summed E-state index contributed by atoms with van der Waals surface area (Å²) in [5, 5.41) is 0. The Balaban J connectivity index is 2.18. The van der Waals surface area contributed by atoms with Crippen LogP contribution in [0, 0.1) is 11.8 Å². The van der Waals surface area contributed by atoms with E-state index in [-0.39, 0.29) is 6.10 Å². The molecular weight excluding hydrogens is 322 g/mol. The van der Waals surface area contributed by atoms with E-state index in [1.807, 2.05) is 18.2 Å². The zero-order chi connectivity index (χ0) is 14.0. The SMILES string of the molecule is CC1CC(C)CC(Oc2cc(Br)ccc2C(N)=S)C1. The first-order valence-electron chi connectivity index (χ1n) is 6.71. The Hall–Kier alpha value is -0.610. The molecule has 1 aliphatic carbocycles. The zero-order valence-corrected chi connectivity index (χ0v) is 13.8. The Bertz CT molecular complexity index is 467. The lowest BCUT2D eigenvalue weighted by atomic mass is 9.82. The topological polar surface area (TPSA) is 35.2 Å². The molecule has 2 rings (SSSR count). The molecule has 0 amide bonds. The molecule has 19 heavy (non-hydrogen) atoms. The van der Waals surface area contributed by atoms with Gasteiger partial charge >= 0.3 is 0 Å². The number of benzene rings is 1. The molecular formula is C15H20BrNOS. The third-order valence-electron chi connectivity index (χ3n) is 3.64. The van der Waals surface area contributed by atoms with Crippen LogP contribution in [0.4, 0.5) is 0 Å². The summed E-state index contributed by atoms with van der Waals surface area (Å²) in [6.45, 7) is 4.59. The van der Waals surface area contributed by atoms with Crippen molar-refractivity contribution in [2.24, 2.45) is 17.6 Å². The highest BCUT2D eigenvalue weighted by Crippen LogP contribution is 2.33. The fourth-order valence-corrected chi connectivity index (χ4v) is 3.45. The molecule has 0 heterocycles. The van der Waals surface area contributed by atoms with Gasteiger partial charge in [0.2, 0.25) is 0 Å². The van der Waals surface area contributed by atoms with E-state index in [9.17, 15) is 0 Å². The Kier molecular flexibility index (Phi) is 4.85. The Morgan fingerprint density at radius 2 is 1.89 bits per heavy atom. The fourth-order valence-electron chi connectivity index (χ4n) is 2.95. The van der Waals surface area contributed by atoms with E-state index in [1.165, 1.54) is 6.42 Å². The summed E-state index contributed by atoms with van der Waals surface area (Å²) < 4.78 is 7.16. The van der Waals surface area contributed by atoms with Gasteiger partial charge < -0.3 is 10.5 Å². The second kappa shape index (κ2) is 6.23. The van der Waals surface area contributed by atoms with Gasteiger partial charge in [-0.1, -0.05) is 42.0 Å². The molecule has 104 valence electrons. The molecule has 0 bridgehead atoms.